The standard InChI is InChI=1S/C14H15N5S/c1-8-5-4-6-9(2)12(8)19-10(3)11(7-16-19)13-17-18-14(15)20-13/h4-7H,1-3H3,(H2,15,18). The number of anilines is 1. The van der Waals surface area contributed by atoms with Crippen molar-refractivity contribution < 1.29 is 0 Å². The van der Waals surface area contributed by atoms with Crippen LogP contribution in [0.2, 0.25) is 0 Å². The Morgan fingerprint density at radius 2 is 1.80 bits per heavy atom. The van der Waals surface area contributed by atoms with Gasteiger partial charge in [-0.05, 0) is 31.9 Å². The Morgan fingerprint density at radius 3 is 2.40 bits per heavy atom. The van der Waals surface area contributed by atoms with Crippen LogP contribution in [0.1, 0.15) is 16.8 Å². The molecule has 0 bridgehead atoms. The van der Waals surface area contributed by atoms with Gasteiger partial charge in [0.15, 0.2) is 5.01 Å². The Labute approximate surface area is 121 Å². The van der Waals surface area contributed by atoms with Crippen molar-refractivity contribution in [2.75, 3.05) is 5.73 Å². The summed E-state index contributed by atoms with van der Waals surface area (Å²) < 4.78 is 1.96. The summed E-state index contributed by atoms with van der Waals surface area (Å²) >= 11 is 1.37. The molecule has 0 spiro atoms. The van der Waals surface area contributed by atoms with Crippen molar-refractivity contribution in [3.63, 3.8) is 0 Å². The van der Waals surface area contributed by atoms with Crippen molar-refractivity contribution in [3.05, 3.63) is 41.2 Å². The topological polar surface area (TPSA) is 69.6 Å². The highest BCUT2D eigenvalue weighted by Gasteiger charge is 2.15. The lowest BCUT2D eigenvalue weighted by Crippen LogP contribution is -2.03. The van der Waals surface area contributed by atoms with E-state index in [2.05, 4.69) is 47.3 Å². The first-order valence-corrected chi connectivity index (χ1v) is 7.10. The summed E-state index contributed by atoms with van der Waals surface area (Å²) in [6.45, 7) is 6.21. The molecule has 2 aromatic heterocycles. The SMILES string of the molecule is Cc1cccc(C)c1-n1ncc(-c2nnc(N)s2)c1C. The fraction of sp³-hybridized carbons (Fsp3) is 0.214. The van der Waals surface area contributed by atoms with Gasteiger partial charge in [-0.25, -0.2) is 4.68 Å². The number of para-hydroxylation sites is 1. The molecule has 0 radical (unpaired) electrons. The van der Waals surface area contributed by atoms with Gasteiger partial charge >= 0.3 is 0 Å². The molecule has 2 N–H and O–H groups in total. The summed E-state index contributed by atoms with van der Waals surface area (Å²) in [4.78, 5) is 0. The molecule has 1 aromatic carbocycles. The second-order valence-electron chi connectivity index (χ2n) is 4.74. The van der Waals surface area contributed by atoms with E-state index in [9.17, 15) is 0 Å². The van der Waals surface area contributed by atoms with Gasteiger partial charge < -0.3 is 5.73 Å². The number of nitrogens with two attached hydrogens (primary N) is 1. The normalized spacial score (nSPS) is 10.9. The molecule has 2 heterocycles. The second-order valence-corrected chi connectivity index (χ2v) is 5.75. The average molecular weight is 285 g/mol. The number of hydrogen-bond donors (Lipinski definition) is 1. The molecule has 0 aliphatic carbocycles. The smallest absolute Gasteiger partial charge is 0.203 e. The quantitative estimate of drug-likeness (QED) is 0.786. The fourth-order valence-corrected chi connectivity index (χ4v) is 3.00. The van der Waals surface area contributed by atoms with Gasteiger partial charge in [-0.3, -0.25) is 0 Å². The van der Waals surface area contributed by atoms with E-state index in [0.717, 1.165) is 22.0 Å². The lowest BCUT2D eigenvalue weighted by molar-refractivity contribution is 0.833. The molecule has 5 nitrogen and oxygen atoms in total. The zero-order valence-electron chi connectivity index (χ0n) is 11.6. The number of aromatic nitrogens is 4. The van der Waals surface area contributed by atoms with E-state index in [1.807, 2.05) is 17.8 Å². The summed E-state index contributed by atoms with van der Waals surface area (Å²) in [6, 6.07) is 6.23. The highest BCUT2D eigenvalue weighted by atomic mass is 32.1. The van der Waals surface area contributed by atoms with Crippen LogP contribution in [0.3, 0.4) is 0 Å². The maximum absolute atomic E-state index is 5.65. The molecule has 6 heteroatoms. The summed E-state index contributed by atoms with van der Waals surface area (Å²) in [5, 5.41) is 13.7. The number of hydrogen-bond acceptors (Lipinski definition) is 5. The van der Waals surface area contributed by atoms with Gasteiger partial charge in [0, 0.05) is 0 Å². The van der Waals surface area contributed by atoms with Crippen LogP contribution in [0.25, 0.3) is 16.3 Å². The Kier molecular flexibility index (Phi) is 3.02. The van der Waals surface area contributed by atoms with E-state index in [-0.39, 0.29) is 0 Å². The predicted molar refractivity (Wildman–Crippen MR) is 81.1 cm³/mol. The monoisotopic (exact) mass is 285 g/mol. The molecule has 3 aromatic rings. The number of nitrogens with zero attached hydrogens (tertiary/aromatic N) is 4. The van der Waals surface area contributed by atoms with Crippen molar-refractivity contribution in [1.82, 2.24) is 20.0 Å². The molecule has 0 saturated heterocycles. The van der Waals surface area contributed by atoms with Crippen LogP contribution in [-0.2, 0) is 0 Å². The van der Waals surface area contributed by atoms with E-state index in [0.29, 0.717) is 5.13 Å². The number of nitrogen functional groups attached to an aromatic ring is 1. The molecule has 0 aliphatic rings. The van der Waals surface area contributed by atoms with Crippen LogP contribution >= 0.6 is 11.3 Å². The molecule has 20 heavy (non-hydrogen) atoms. The van der Waals surface area contributed by atoms with Crippen LogP contribution < -0.4 is 5.73 Å². The largest absolute Gasteiger partial charge is 0.374 e. The molecule has 0 aliphatic heterocycles. The van der Waals surface area contributed by atoms with Crippen LogP contribution in [-0.4, -0.2) is 20.0 Å². The second kappa shape index (κ2) is 4.72. The summed E-state index contributed by atoms with van der Waals surface area (Å²) in [6.07, 6.45) is 1.82. The van der Waals surface area contributed by atoms with E-state index < -0.39 is 0 Å². The Morgan fingerprint density at radius 1 is 1.10 bits per heavy atom. The fourth-order valence-electron chi connectivity index (χ4n) is 2.33. The van der Waals surface area contributed by atoms with E-state index in [4.69, 9.17) is 5.73 Å². The van der Waals surface area contributed by atoms with Gasteiger partial charge in [0.05, 0.1) is 23.1 Å². The first-order valence-electron chi connectivity index (χ1n) is 6.28. The highest BCUT2D eigenvalue weighted by Crippen LogP contribution is 2.29. The van der Waals surface area contributed by atoms with Crippen LogP contribution in [0.5, 0.6) is 0 Å². The first-order chi connectivity index (χ1) is 9.58. The lowest BCUT2D eigenvalue weighted by atomic mass is 10.1. The van der Waals surface area contributed by atoms with Gasteiger partial charge in [0.25, 0.3) is 0 Å². The van der Waals surface area contributed by atoms with Crippen LogP contribution in [0, 0.1) is 20.8 Å². The minimum atomic E-state index is 0.472. The Balaban J connectivity index is 2.16. The first kappa shape index (κ1) is 12.8. The highest BCUT2D eigenvalue weighted by molar-refractivity contribution is 7.18. The van der Waals surface area contributed by atoms with E-state index >= 15 is 0 Å². The van der Waals surface area contributed by atoms with Crippen molar-refractivity contribution in [2.24, 2.45) is 0 Å². The van der Waals surface area contributed by atoms with E-state index in [1.165, 1.54) is 22.5 Å². The maximum Gasteiger partial charge on any atom is 0.203 e. The van der Waals surface area contributed by atoms with Gasteiger partial charge in [-0.2, -0.15) is 5.10 Å². The summed E-state index contributed by atoms with van der Waals surface area (Å²) in [5.74, 6) is 0. The van der Waals surface area contributed by atoms with Crippen LogP contribution in [0.4, 0.5) is 5.13 Å². The molecule has 0 unspecified atom stereocenters. The Hall–Kier alpha value is -2.21. The molecular formula is C14H15N5S. The molecule has 0 atom stereocenters. The summed E-state index contributed by atoms with van der Waals surface area (Å²) in [7, 11) is 0. The number of benzene rings is 1. The van der Waals surface area contributed by atoms with Crippen molar-refractivity contribution in [3.8, 4) is 16.3 Å². The molecule has 3 rings (SSSR count). The van der Waals surface area contributed by atoms with Gasteiger partial charge in [-0.15, -0.1) is 10.2 Å². The van der Waals surface area contributed by atoms with Crippen molar-refractivity contribution in [1.29, 1.82) is 0 Å². The minimum absolute atomic E-state index is 0.472. The summed E-state index contributed by atoms with van der Waals surface area (Å²) in [5.41, 5.74) is 11.2. The third-order valence-corrected chi connectivity index (χ3v) is 4.12. The maximum atomic E-state index is 5.65. The Bertz CT molecular complexity index is 751. The molecule has 102 valence electrons. The molecular weight excluding hydrogens is 270 g/mol. The molecule has 0 amide bonds. The van der Waals surface area contributed by atoms with E-state index in [1.54, 1.807) is 0 Å². The van der Waals surface area contributed by atoms with Gasteiger partial charge in [0.2, 0.25) is 5.13 Å². The van der Waals surface area contributed by atoms with Crippen molar-refractivity contribution >= 4 is 16.5 Å². The third-order valence-electron chi connectivity index (χ3n) is 3.33. The zero-order valence-corrected chi connectivity index (χ0v) is 12.4. The van der Waals surface area contributed by atoms with Gasteiger partial charge in [0.1, 0.15) is 0 Å². The minimum Gasteiger partial charge on any atom is -0.374 e. The van der Waals surface area contributed by atoms with Crippen molar-refractivity contribution in [2.45, 2.75) is 20.8 Å². The third kappa shape index (κ3) is 1.98. The zero-order chi connectivity index (χ0) is 14.3. The lowest BCUT2D eigenvalue weighted by Gasteiger charge is -2.11. The number of aryl methyl sites for hydroxylation is 2. The van der Waals surface area contributed by atoms with Crippen LogP contribution in [0.15, 0.2) is 24.4 Å². The molecule has 0 fully saturated rings. The number of rotatable bonds is 2. The molecule has 0 saturated carbocycles. The average Bonchev–Trinajstić information content (AvgIpc) is 2.97. The van der Waals surface area contributed by atoms with Gasteiger partial charge in [-0.1, -0.05) is 29.5 Å². The predicted octanol–water partition coefficient (Wildman–Crippen LogP) is 2.90.